The minimum Gasteiger partial charge on any atom is -0.465 e. The number of hydrogen-bond acceptors (Lipinski definition) is 12. The summed E-state index contributed by atoms with van der Waals surface area (Å²) in [7, 11) is -0.815. The largest absolute Gasteiger partial charge is 0.465 e. The molecule has 2 aromatic carbocycles. The molecular formula is C46H59N11O8S. The van der Waals surface area contributed by atoms with Crippen molar-refractivity contribution in [3.63, 3.8) is 0 Å². The number of nitrogens with one attached hydrogen (secondary N) is 5. The number of sulfonamides is 1. The summed E-state index contributed by atoms with van der Waals surface area (Å²) < 4.78 is 30.8. The second-order valence-electron chi connectivity index (χ2n) is 18.4. The number of benzene rings is 2. The van der Waals surface area contributed by atoms with E-state index in [2.05, 4.69) is 54.0 Å². The molecule has 19 nitrogen and oxygen atoms in total. The first-order valence-electron chi connectivity index (χ1n) is 22.5. The third-order valence-electron chi connectivity index (χ3n) is 13.5. The lowest BCUT2D eigenvalue weighted by molar-refractivity contribution is -0.135. The smallest absolute Gasteiger partial charge is 0.407 e. The summed E-state index contributed by atoms with van der Waals surface area (Å²) in [6.07, 6.45) is 5.13. The van der Waals surface area contributed by atoms with Gasteiger partial charge in [-0.25, -0.2) is 33.0 Å². The highest BCUT2D eigenvalue weighted by Crippen LogP contribution is 2.48. The maximum atomic E-state index is 14.4. The average molecular weight is 926 g/mol. The second-order valence-corrected chi connectivity index (χ2v) is 20.4. The van der Waals surface area contributed by atoms with Gasteiger partial charge in [0, 0.05) is 13.6 Å². The molecule has 3 aromatic heterocycles. The Labute approximate surface area is 383 Å². The highest BCUT2D eigenvalue weighted by molar-refractivity contribution is 7.92. The lowest BCUT2D eigenvalue weighted by Gasteiger charge is -2.33. The lowest BCUT2D eigenvalue weighted by atomic mass is 9.83. The van der Waals surface area contributed by atoms with Crippen LogP contribution in [0.1, 0.15) is 107 Å². The summed E-state index contributed by atoms with van der Waals surface area (Å²) in [6.45, 7) is 8.50. The molecule has 0 saturated carbocycles. The molecule has 0 bridgehead atoms. The quantitative estimate of drug-likeness (QED) is 0.0772. The third kappa shape index (κ3) is 8.75. The number of nitrogens with zero attached hydrogens (tertiary/aromatic N) is 6. The fourth-order valence-electron chi connectivity index (χ4n) is 9.96. The zero-order valence-corrected chi connectivity index (χ0v) is 39.1. The molecule has 3 aliphatic rings. The van der Waals surface area contributed by atoms with E-state index in [1.807, 2.05) is 52.0 Å². The molecule has 6 atom stereocenters. The maximum absolute atomic E-state index is 14.4. The summed E-state index contributed by atoms with van der Waals surface area (Å²) in [6, 6.07) is 13.5. The van der Waals surface area contributed by atoms with Crippen molar-refractivity contribution in [2.75, 3.05) is 42.7 Å². The maximum Gasteiger partial charge on any atom is 0.407 e. The van der Waals surface area contributed by atoms with Gasteiger partial charge in [-0.1, -0.05) is 39.8 Å². The summed E-state index contributed by atoms with van der Waals surface area (Å²) in [5, 5.41) is 18.0. The number of hydrogen-bond donors (Lipinski definition) is 6. The van der Waals surface area contributed by atoms with Crippen LogP contribution in [-0.2, 0) is 29.9 Å². The molecule has 0 unspecified atom stereocenters. The molecule has 66 heavy (non-hydrogen) atoms. The lowest BCUT2D eigenvalue weighted by Crippen LogP contribution is -2.57. The molecule has 8 rings (SSSR count). The molecule has 6 heterocycles. The van der Waals surface area contributed by atoms with Crippen LogP contribution in [0.15, 0.2) is 54.7 Å². The van der Waals surface area contributed by atoms with E-state index in [1.165, 1.54) is 14.2 Å². The van der Waals surface area contributed by atoms with E-state index in [0.717, 1.165) is 69.6 Å². The van der Waals surface area contributed by atoms with Gasteiger partial charge in [0.1, 0.15) is 29.0 Å². The van der Waals surface area contributed by atoms with Crippen LogP contribution in [0, 0.1) is 11.8 Å². The zero-order chi connectivity index (χ0) is 47.2. The van der Waals surface area contributed by atoms with Crippen LogP contribution in [0.2, 0.25) is 0 Å². The Morgan fingerprint density at radius 3 is 2.08 bits per heavy atom. The van der Waals surface area contributed by atoms with E-state index in [-0.39, 0.29) is 47.5 Å². The fraction of sp³-hybridized carbons (Fsp3) is 0.500. The van der Waals surface area contributed by atoms with Crippen LogP contribution in [0.4, 0.5) is 21.1 Å². The number of alkyl carbamates (subject to hydrolysis) is 1. The van der Waals surface area contributed by atoms with Crippen LogP contribution in [0.3, 0.4) is 0 Å². The van der Waals surface area contributed by atoms with Crippen molar-refractivity contribution in [3.8, 4) is 0 Å². The van der Waals surface area contributed by atoms with E-state index in [4.69, 9.17) is 14.7 Å². The van der Waals surface area contributed by atoms with Gasteiger partial charge in [0.2, 0.25) is 15.9 Å². The molecular weight excluding hydrogens is 867 g/mol. The van der Waals surface area contributed by atoms with Crippen molar-refractivity contribution >= 4 is 67.5 Å². The van der Waals surface area contributed by atoms with Crippen molar-refractivity contribution in [3.05, 3.63) is 77.5 Å². The second kappa shape index (κ2) is 18.2. The molecule has 0 spiro atoms. The molecule has 3 fully saturated rings. The first kappa shape index (κ1) is 46.3. The Hall–Kier alpha value is -6.28. The summed E-state index contributed by atoms with van der Waals surface area (Å²) in [5.74, 6) is 0.505. The number of amides is 3. The normalized spacial score (nSPS) is 22.0. The Morgan fingerprint density at radius 2 is 1.52 bits per heavy atom. The van der Waals surface area contributed by atoms with Crippen molar-refractivity contribution in [1.29, 1.82) is 0 Å². The topological polar surface area (TPSA) is 248 Å². The van der Waals surface area contributed by atoms with Crippen LogP contribution < -0.4 is 25.2 Å². The first-order valence-corrected chi connectivity index (χ1v) is 24.4. The summed E-state index contributed by atoms with van der Waals surface area (Å²) in [5.41, 5.74) is 4.64. The Morgan fingerprint density at radius 1 is 0.864 bits per heavy atom. The van der Waals surface area contributed by atoms with Crippen molar-refractivity contribution in [2.45, 2.75) is 102 Å². The Balaban J connectivity index is 1.13. The fourth-order valence-corrected chi connectivity index (χ4v) is 10.4. The Kier molecular flexibility index (Phi) is 12.7. The van der Waals surface area contributed by atoms with E-state index < -0.39 is 39.8 Å². The molecule has 0 aliphatic carbocycles. The number of Topliss-reactive ketones (excluding diaryl/α,β-unsaturated/α-hetero) is 1. The minimum atomic E-state index is -3.55. The highest BCUT2D eigenvalue weighted by atomic mass is 32.2. The number of imidazole rings is 2. The molecule has 5 aromatic rings. The van der Waals surface area contributed by atoms with E-state index >= 15 is 0 Å². The monoisotopic (exact) mass is 925 g/mol. The molecule has 0 radical (unpaired) electrons. The molecule has 3 amide bonds. The standard InChI is InChI=1S/C46H59N11O8S/c1-25(2)38(54-45(62)65-6)40(58)46(19-9-20-48-46)43-51-31-15-12-28(23-33(31)52-43)35-17-16-34(57(35)29-13-18-37(47-24-29)55(5)66(7,63)64)27-11-14-30-32(22-27)50-41(49-30)36-10-8-21-56(36)42(59)39(26(3)4)53-44(60)61/h11-15,18,22-26,34-36,38-39,48,53H,8-10,16-17,19-21H2,1-7H3,(H,49,50)(H,51,52)(H,54,62)(H,60,61)/t34-,35-,36+,38+,39+,46-/m1/s1. The number of carbonyl (C=O) groups excluding carboxylic acids is 3. The average Bonchev–Trinajstić information content (AvgIpc) is 4.14. The van der Waals surface area contributed by atoms with Gasteiger partial charge in [0.25, 0.3) is 0 Å². The van der Waals surface area contributed by atoms with E-state index in [9.17, 15) is 32.7 Å². The number of carboxylic acid groups (broad SMARTS) is 1. The van der Waals surface area contributed by atoms with Crippen LogP contribution in [-0.4, -0.2) is 113 Å². The van der Waals surface area contributed by atoms with Crippen molar-refractivity contribution in [2.24, 2.45) is 11.8 Å². The third-order valence-corrected chi connectivity index (χ3v) is 14.7. The first-order chi connectivity index (χ1) is 31.4. The number of ketones is 1. The van der Waals surface area contributed by atoms with Crippen LogP contribution >= 0.6 is 0 Å². The number of pyridine rings is 1. The molecule has 3 aliphatic heterocycles. The van der Waals surface area contributed by atoms with E-state index in [0.29, 0.717) is 43.1 Å². The van der Waals surface area contributed by atoms with Crippen molar-refractivity contribution < 1.29 is 37.4 Å². The van der Waals surface area contributed by atoms with Gasteiger partial charge in [-0.05, 0) is 104 Å². The van der Waals surface area contributed by atoms with Crippen molar-refractivity contribution in [1.82, 2.24) is 45.8 Å². The number of ether oxygens (including phenoxy) is 1. The number of methoxy groups -OCH3 is 1. The number of carbonyl (C=O) groups is 4. The molecule has 20 heteroatoms. The van der Waals surface area contributed by atoms with Gasteiger partial charge in [0.05, 0.1) is 71.5 Å². The number of aromatic amines is 2. The number of fused-ring (bicyclic) bond motifs is 2. The van der Waals surface area contributed by atoms with Crippen LogP contribution in [0.5, 0.6) is 0 Å². The predicted molar refractivity (Wildman–Crippen MR) is 248 cm³/mol. The SMILES string of the molecule is COC(=O)N[C@H](C(=O)[C@@]1(c2nc3ccc([C@H]4CC[C@H](c5ccc6nc([C@@H]7CCCN7C(=O)[C@@H](NC(=O)O)C(C)C)[nH]c6c5)N4c4ccc(N(C)S(C)(=O)=O)nc4)cc3[nH]2)CCCN1)C(C)C. The number of rotatable bonds is 14. The predicted octanol–water partition coefficient (Wildman–Crippen LogP) is 5.80. The number of aromatic nitrogens is 5. The zero-order valence-electron chi connectivity index (χ0n) is 38.3. The highest BCUT2D eigenvalue weighted by Gasteiger charge is 2.49. The molecule has 352 valence electrons. The minimum absolute atomic E-state index is 0.142. The Bertz CT molecular complexity index is 2750. The van der Waals surface area contributed by atoms with Gasteiger partial charge in [-0.15, -0.1) is 0 Å². The van der Waals surface area contributed by atoms with E-state index in [1.54, 1.807) is 17.2 Å². The number of anilines is 2. The van der Waals surface area contributed by atoms with Gasteiger partial charge in [-0.3, -0.25) is 19.2 Å². The molecule has 3 saturated heterocycles. The summed E-state index contributed by atoms with van der Waals surface area (Å²) >= 11 is 0. The van der Waals surface area contributed by atoms with Gasteiger partial charge < -0.3 is 40.2 Å². The molecule has 6 N–H and O–H groups in total. The van der Waals surface area contributed by atoms with Gasteiger partial charge >= 0.3 is 12.2 Å². The summed E-state index contributed by atoms with van der Waals surface area (Å²) in [4.78, 5) is 77.5. The number of likely N-dealkylation sites (tertiary alicyclic amines) is 1. The van der Waals surface area contributed by atoms with Gasteiger partial charge in [-0.2, -0.15) is 0 Å². The van der Waals surface area contributed by atoms with Gasteiger partial charge in [0.15, 0.2) is 5.78 Å². The van der Waals surface area contributed by atoms with Crippen LogP contribution in [0.25, 0.3) is 22.1 Å². The number of H-pyrrole nitrogens is 2.